The topological polar surface area (TPSA) is 121 Å². The molecule has 2 fully saturated rings. The number of rotatable bonds is 6. The van der Waals surface area contributed by atoms with Crippen molar-refractivity contribution in [3.05, 3.63) is 41.5 Å². The Kier molecular flexibility index (Phi) is 4.26. The number of benzene rings is 1. The molecule has 0 radical (unpaired) electrons. The van der Waals surface area contributed by atoms with Crippen molar-refractivity contribution in [2.75, 3.05) is 0 Å². The van der Waals surface area contributed by atoms with Crippen LogP contribution in [0.2, 0.25) is 0 Å². The zero-order valence-electron chi connectivity index (χ0n) is 14.0. The van der Waals surface area contributed by atoms with Crippen molar-refractivity contribution in [2.24, 2.45) is 0 Å². The number of aliphatic hydroxyl groups is 1. The molecule has 0 spiro atoms. The summed E-state index contributed by atoms with van der Waals surface area (Å²) in [6.07, 6.45) is 3.42. The molecule has 8 nitrogen and oxygen atoms in total. The zero-order chi connectivity index (χ0) is 18.3. The maximum atomic E-state index is 12.5. The van der Waals surface area contributed by atoms with E-state index in [9.17, 15) is 13.5 Å². The minimum Gasteiger partial charge on any atom is -0.388 e. The Labute approximate surface area is 151 Å². The average Bonchev–Trinajstić information content (AvgIpc) is 3.37. The number of nitrogens with zero attached hydrogens (tertiary/aromatic N) is 4. The first-order chi connectivity index (χ1) is 12.5. The van der Waals surface area contributed by atoms with Gasteiger partial charge < -0.3 is 9.67 Å². The van der Waals surface area contributed by atoms with Crippen LogP contribution in [0.1, 0.15) is 54.9 Å². The lowest BCUT2D eigenvalue weighted by atomic mass is 9.80. The van der Waals surface area contributed by atoms with Gasteiger partial charge in [0.1, 0.15) is 12.4 Å². The summed E-state index contributed by atoms with van der Waals surface area (Å²) in [5.41, 5.74) is 0.313. The Hall–Kier alpha value is -2.28. The van der Waals surface area contributed by atoms with Crippen molar-refractivity contribution in [2.45, 2.75) is 55.2 Å². The standard InChI is InChI=1S/C17H19N5O3S/c18-9-11-2-1-3-15(6-11)26(24,25)21-13-7-12(8-13)17-20-19-16(10-23)22(17)14-4-5-14/h1-3,6,12-14,21,23H,4-5,7-8,10H2. The minimum absolute atomic E-state index is 0.101. The van der Waals surface area contributed by atoms with Crippen LogP contribution in [0.5, 0.6) is 0 Å². The Morgan fingerprint density at radius 1 is 1.31 bits per heavy atom. The molecule has 0 unspecified atom stereocenters. The molecule has 1 aromatic heterocycles. The normalized spacial score (nSPS) is 22.6. The summed E-state index contributed by atoms with van der Waals surface area (Å²) in [6, 6.07) is 8.13. The van der Waals surface area contributed by atoms with Crippen molar-refractivity contribution in [1.29, 1.82) is 5.26 Å². The molecule has 2 aliphatic carbocycles. The fourth-order valence-electron chi connectivity index (χ4n) is 3.40. The van der Waals surface area contributed by atoms with Crippen molar-refractivity contribution in [3.63, 3.8) is 0 Å². The smallest absolute Gasteiger partial charge is 0.240 e. The van der Waals surface area contributed by atoms with E-state index >= 15 is 0 Å². The van der Waals surface area contributed by atoms with E-state index in [0.29, 0.717) is 30.3 Å². The minimum atomic E-state index is -3.66. The van der Waals surface area contributed by atoms with Crippen LogP contribution in [0, 0.1) is 11.3 Å². The number of aliphatic hydroxyl groups excluding tert-OH is 1. The van der Waals surface area contributed by atoms with Gasteiger partial charge in [-0.2, -0.15) is 5.26 Å². The van der Waals surface area contributed by atoms with E-state index < -0.39 is 10.0 Å². The predicted octanol–water partition coefficient (Wildman–Crippen LogP) is 1.20. The van der Waals surface area contributed by atoms with Crippen LogP contribution < -0.4 is 4.72 Å². The van der Waals surface area contributed by atoms with E-state index in [1.807, 2.05) is 10.6 Å². The number of hydrogen-bond acceptors (Lipinski definition) is 6. The Morgan fingerprint density at radius 3 is 2.73 bits per heavy atom. The highest BCUT2D eigenvalue weighted by Gasteiger charge is 2.39. The second kappa shape index (κ2) is 6.46. The van der Waals surface area contributed by atoms with Crippen molar-refractivity contribution in [1.82, 2.24) is 19.5 Å². The molecule has 2 N–H and O–H groups in total. The van der Waals surface area contributed by atoms with E-state index in [1.165, 1.54) is 12.1 Å². The molecule has 0 amide bonds. The van der Waals surface area contributed by atoms with E-state index in [-0.39, 0.29) is 23.5 Å². The summed E-state index contributed by atoms with van der Waals surface area (Å²) in [6.45, 7) is -0.137. The van der Waals surface area contributed by atoms with Gasteiger partial charge in [0.05, 0.1) is 16.5 Å². The second-order valence-corrected chi connectivity index (χ2v) is 8.57. The number of hydrogen-bond donors (Lipinski definition) is 2. The molecule has 26 heavy (non-hydrogen) atoms. The fraction of sp³-hybridized carbons (Fsp3) is 0.471. The van der Waals surface area contributed by atoms with Gasteiger partial charge in [-0.3, -0.25) is 0 Å². The summed E-state index contributed by atoms with van der Waals surface area (Å²) >= 11 is 0. The molecule has 2 aliphatic rings. The third-order valence-electron chi connectivity index (χ3n) is 4.94. The Balaban J connectivity index is 1.44. The molecule has 4 rings (SSSR count). The fourth-order valence-corrected chi connectivity index (χ4v) is 4.71. The molecule has 2 aromatic rings. The first kappa shape index (κ1) is 17.1. The summed E-state index contributed by atoms with van der Waals surface area (Å²) in [5, 5.41) is 26.6. The molecule has 2 saturated carbocycles. The van der Waals surface area contributed by atoms with Crippen LogP contribution in [-0.2, 0) is 16.6 Å². The molecule has 0 saturated heterocycles. The van der Waals surface area contributed by atoms with E-state index in [4.69, 9.17) is 5.26 Å². The lowest BCUT2D eigenvalue weighted by Crippen LogP contribution is -2.44. The monoisotopic (exact) mass is 373 g/mol. The first-order valence-electron chi connectivity index (χ1n) is 8.59. The molecule has 1 aromatic carbocycles. The van der Waals surface area contributed by atoms with Gasteiger partial charge in [-0.15, -0.1) is 10.2 Å². The lowest BCUT2D eigenvalue weighted by Gasteiger charge is -2.35. The average molecular weight is 373 g/mol. The summed E-state index contributed by atoms with van der Waals surface area (Å²) in [7, 11) is -3.66. The van der Waals surface area contributed by atoms with Crippen LogP contribution >= 0.6 is 0 Å². The second-order valence-electron chi connectivity index (χ2n) is 6.86. The van der Waals surface area contributed by atoms with Gasteiger partial charge in [-0.25, -0.2) is 13.1 Å². The van der Waals surface area contributed by atoms with Crippen LogP contribution in [0.25, 0.3) is 0 Å². The van der Waals surface area contributed by atoms with Gasteiger partial charge in [-0.05, 0) is 43.9 Å². The summed E-state index contributed by atoms with van der Waals surface area (Å²) in [5.74, 6) is 1.57. The number of sulfonamides is 1. The van der Waals surface area contributed by atoms with Crippen molar-refractivity contribution in [3.8, 4) is 6.07 Å². The number of aromatic nitrogens is 3. The van der Waals surface area contributed by atoms with Gasteiger partial charge in [0.2, 0.25) is 10.0 Å². The molecule has 1 heterocycles. The van der Waals surface area contributed by atoms with Crippen LogP contribution in [0.4, 0.5) is 0 Å². The van der Waals surface area contributed by atoms with E-state index in [2.05, 4.69) is 14.9 Å². The van der Waals surface area contributed by atoms with E-state index in [0.717, 1.165) is 18.7 Å². The number of nitrogens with one attached hydrogen (secondary N) is 1. The zero-order valence-corrected chi connectivity index (χ0v) is 14.9. The van der Waals surface area contributed by atoms with Gasteiger partial charge >= 0.3 is 0 Å². The predicted molar refractivity (Wildman–Crippen MR) is 91.5 cm³/mol. The molecular weight excluding hydrogens is 354 g/mol. The molecule has 9 heteroatoms. The van der Waals surface area contributed by atoms with Crippen LogP contribution in [-0.4, -0.2) is 34.3 Å². The quantitative estimate of drug-likeness (QED) is 0.785. The molecule has 136 valence electrons. The van der Waals surface area contributed by atoms with Gasteiger partial charge in [0, 0.05) is 18.0 Å². The van der Waals surface area contributed by atoms with Gasteiger partial charge in [-0.1, -0.05) is 6.07 Å². The van der Waals surface area contributed by atoms with Crippen LogP contribution in [0.15, 0.2) is 29.2 Å². The summed E-state index contributed by atoms with van der Waals surface area (Å²) < 4.78 is 29.7. The highest BCUT2D eigenvalue weighted by Crippen LogP contribution is 2.43. The molecule has 0 bridgehead atoms. The third-order valence-corrected chi connectivity index (χ3v) is 6.46. The van der Waals surface area contributed by atoms with E-state index in [1.54, 1.807) is 12.1 Å². The highest BCUT2D eigenvalue weighted by molar-refractivity contribution is 7.89. The maximum Gasteiger partial charge on any atom is 0.240 e. The highest BCUT2D eigenvalue weighted by atomic mass is 32.2. The first-order valence-corrected chi connectivity index (χ1v) is 10.1. The SMILES string of the molecule is N#Cc1cccc(S(=O)(=O)NC2CC(c3nnc(CO)n3C3CC3)C2)c1. The Morgan fingerprint density at radius 2 is 2.08 bits per heavy atom. The third kappa shape index (κ3) is 3.11. The molecule has 0 aliphatic heterocycles. The van der Waals surface area contributed by atoms with Crippen molar-refractivity contribution >= 4 is 10.0 Å². The number of nitriles is 1. The lowest BCUT2D eigenvalue weighted by molar-refractivity contribution is 0.261. The van der Waals surface area contributed by atoms with Crippen molar-refractivity contribution < 1.29 is 13.5 Å². The summed E-state index contributed by atoms with van der Waals surface area (Å²) in [4.78, 5) is 0.101. The maximum absolute atomic E-state index is 12.5. The molecular formula is C17H19N5O3S. The Bertz CT molecular complexity index is 969. The van der Waals surface area contributed by atoms with Gasteiger partial charge in [0.15, 0.2) is 5.82 Å². The van der Waals surface area contributed by atoms with Gasteiger partial charge in [0.25, 0.3) is 0 Å². The largest absolute Gasteiger partial charge is 0.388 e. The molecule has 0 atom stereocenters. The van der Waals surface area contributed by atoms with Crippen LogP contribution in [0.3, 0.4) is 0 Å².